The molecule has 1 aliphatic carbocycles. The summed E-state index contributed by atoms with van der Waals surface area (Å²) < 4.78 is 5.37. The van der Waals surface area contributed by atoms with Gasteiger partial charge in [0.25, 0.3) is 0 Å². The van der Waals surface area contributed by atoms with E-state index >= 15 is 0 Å². The molecule has 0 radical (unpaired) electrons. The van der Waals surface area contributed by atoms with Crippen molar-refractivity contribution in [2.75, 3.05) is 26.8 Å². The zero-order chi connectivity index (χ0) is 26.3. The Kier molecular flexibility index (Phi) is 8.76. The number of methoxy groups -OCH3 is 1. The molecule has 1 saturated heterocycles. The molecular weight excluding hydrogens is 476 g/mol. The smallest absolute Gasteiger partial charge is 0.227 e. The van der Waals surface area contributed by atoms with E-state index in [9.17, 15) is 9.59 Å². The Morgan fingerprint density at radius 1 is 1.08 bits per heavy atom. The maximum Gasteiger partial charge on any atom is 0.227 e. The number of nitrogens with zero attached hydrogens (tertiary/aromatic N) is 1. The second-order valence-corrected chi connectivity index (χ2v) is 10.8. The Labute approximate surface area is 225 Å². The van der Waals surface area contributed by atoms with Crippen molar-refractivity contribution in [1.82, 2.24) is 20.5 Å². The summed E-state index contributed by atoms with van der Waals surface area (Å²) in [6.07, 6.45) is 7.78. The lowest BCUT2D eigenvalue weighted by Gasteiger charge is -2.38. The van der Waals surface area contributed by atoms with E-state index in [4.69, 9.17) is 4.74 Å². The van der Waals surface area contributed by atoms with Crippen LogP contribution in [-0.2, 0) is 20.7 Å². The van der Waals surface area contributed by atoms with Crippen LogP contribution in [0.5, 0.6) is 0 Å². The fraction of sp³-hybridized carbons (Fsp3) is 0.484. The first-order chi connectivity index (χ1) is 18.6. The molecule has 7 nitrogen and oxygen atoms in total. The van der Waals surface area contributed by atoms with Gasteiger partial charge in [0.1, 0.15) is 0 Å². The van der Waals surface area contributed by atoms with Gasteiger partial charge in [0.2, 0.25) is 11.8 Å². The summed E-state index contributed by atoms with van der Waals surface area (Å²) in [7, 11) is 1.73. The standard InChI is InChI=1S/C31H40N4O3/c1-38-17-7-12-29(27-21-33-28-11-6-5-10-26(27)28)35(25-14-15-25)31(37)23-18-24(20-32-19-23)34-30(36)16-13-22-8-3-2-4-9-22/h2-6,8-11,21,23-25,29,32-33H,7,12-20H2,1H3,(H,34,36)/t23-,24+,29?/m0/s1. The number of ether oxygens (including phenoxy) is 1. The Hall–Kier alpha value is -3.16. The van der Waals surface area contributed by atoms with E-state index in [0.29, 0.717) is 32.5 Å². The molecule has 202 valence electrons. The molecule has 1 aromatic heterocycles. The van der Waals surface area contributed by atoms with Crippen molar-refractivity contribution >= 4 is 22.7 Å². The molecule has 2 amide bonds. The summed E-state index contributed by atoms with van der Waals surface area (Å²) in [6, 6.07) is 18.7. The number of para-hydroxylation sites is 1. The van der Waals surface area contributed by atoms with Gasteiger partial charge in [0.15, 0.2) is 0 Å². The van der Waals surface area contributed by atoms with Gasteiger partial charge < -0.3 is 25.3 Å². The molecule has 3 aromatic rings. The summed E-state index contributed by atoms with van der Waals surface area (Å²) >= 11 is 0. The van der Waals surface area contributed by atoms with Crippen molar-refractivity contribution in [2.45, 2.75) is 63.1 Å². The summed E-state index contributed by atoms with van der Waals surface area (Å²) in [4.78, 5) is 32.5. The molecule has 38 heavy (non-hydrogen) atoms. The number of aromatic nitrogens is 1. The molecule has 2 aliphatic rings. The van der Waals surface area contributed by atoms with E-state index in [1.165, 1.54) is 10.9 Å². The van der Waals surface area contributed by atoms with Crippen LogP contribution in [0.3, 0.4) is 0 Å². The van der Waals surface area contributed by atoms with Crippen molar-refractivity contribution in [3.8, 4) is 0 Å². The van der Waals surface area contributed by atoms with E-state index in [1.54, 1.807) is 7.11 Å². The van der Waals surface area contributed by atoms with Gasteiger partial charge in [0.05, 0.1) is 12.0 Å². The van der Waals surface area contributed by atoms with Gasteiger partial charge in [-0.25, -0.2) is 0 Å². The largest absolute Gasteiger partial charge is 0.385 e. The van der Waals surface area contributed by atoms with Gasteiger partial charge in [-0.15, -0.1) is 0 Å². The number of piperidine rings is 1. The quantitative estimate of drug-likeness (QED) is 0.312. The first-order valence-corrected chi connectivity index (χ1v) is 14.0. The predicted octanol–water partition coefficient (Wildman–Crippen LogP) is 4.35. The van der Waals surface area contributed by atoms with E-state index in [1.807, 2.05) is 36.4 Å². The second kappa shape index (κ2) is 12.6. The summed E-state index contributed by atoms with van der Waals surface area (Å²) in [5, 5.41) is 7.79. The van der Waals surface area contributed by atoms with Crippen LogP contribution in [0, 0.1) is 5.92 Å². The van der Waals surface area contributed by atoms with E-state index in [0.717, 1.165) is 43.2 Å². The molecule has 1 saturated carbocycles. The van der Waals surface area contributed by atoms with Crippen molar-refractivity contribution in [3.05, 3.63) is 71.9 Å². The number of nitrogens with one attached hydrogen (secondary N) is 3. The van der Waals surface area contributed by atoms with Crippen LogP contribution in [0.15, 0.2) is 60.8 Å². The third kappa shape index (κ3) is 6.45. The summed E-state index contributed by atoms with van der Waals surface area (Å²) in [5.74, 6) is 0.0962. The molecule has 3 atom stereocenters. The fourth-order valence-corrected chi connectivity index (χ4v) is 5.83. The third-order valence-electron chi connectivity index (χ3n) is 7.89. The topological polar surface area (TPSA) is 86.5 Å². The number of rotatable bonds is 12. The molecular formula is C31H40N4O3. The number of carbonyl (C=O) groups is 2. The number of aryl methyl sites for hydroxylation is 1. The minimum absolute atomic E-state index is 0.00198. The highest BCUT2D eigenvalue weighted by atomic mass is 16.5. The van der Waals surface area contributed by atoms with Crippen molar-refractivity contribution < 1.29 is 14.3 Å². The van der Waals surface area contributed by atoms with Crippen molar-refractivity contribution in [3.63, 3.8) is 0 Å². The first-order valence-electron chi connectivity index (χ1n) is 14.0. The monoisotopic (exact) mass is 516 g/mol. The minimum atomic E-state index is -0.154. The lowest BCUT2D eigenvalue weighted by Crippen LogP contribution is -2.53. The van der Waals surface area contributed by atoms with E-state index in [-0.39, 0.29) is 35.9 Å². The molecule has 0 spiro atoms. The molecule has 5 rings (SSSR count). The Balaban J connectivity index is 1.28. The van der Waals surface area contributed by atoms with E-state index in [2.05, 4.69) is 44.9 Å². The average Bonchev–Trinajstić information content (AvgIpc) is 3.69. The van der Waals surface area contributed by atoms with Gasteiger partial charge in [-0.2, -0.15) is 0 Å². The number of hydrogen-bond donors (Lipinski definition) is 3. The molecule has 2 heterocycles. The van der Waals surface area contributed by atoms with Gasteiger partial charge >= 0.3 is 0 Å². The lowest BCUT2D eigenvalue weighted by atomic mass is 9.91. The average molecular weight is 517 g/mol. The van der Waals surface area contributed by atoms with Crippen molar-refractivity contribution in [1.29, 1.82) is 0 Å². The van der Waals surface area contributed by atoms with Gasteiger partial charge in [-0.1, -0.05) is 48.5 Å². The second-order valence-electron chi connectivity index (χ2n) is 10.8. The first kappa shape index (κ1) is 26.4. The summed E-state index contributed by atoms with van der Waals surface area (Å²) in [6.45, 7) is 2.02. The number of hydrogen-bond acceptors (Lipinski definition) is 4. The predicted molar refractivity (Wildman–Crippen MR) is 150 cm³/mol. The van der Waals surface area contributed by atoms with Crippen LogP contribution in [0.4, 0.5) is 0 Å². The Morgan fingerprint density at radius 2 is 1.87 bits per heavy atom. The molecule has 7 heteroatoms. The SMILES string of the molecule is COCCCC(c1c[nH]c2ccccc12)N(C(=O)[C@@H]1CNC[C@H](NC(=O)CCc2ccccc2)C1)C1CC1. The molecule has 2 aromatic carbocycles. The number of aromatic amines is 1. The molecule has 1 unspecified atom stereocenters. The fourth-order valence-electron chi connectivity index (χ4n) is 5.83. The normalized spacial score (nSPS) is 20.2. The van der Waals surface area contributed by atoms with Crippen LogP contribution in [0.25, 0.3) is 10.9 Å². The number of carbonyl (C=O) groups excluding carboxylic acids is 2. The van der Waals surface area contributed by atoms with Crippen LogP contribution < -0.4 is 10.6 Å². The number of fused-ring (bicyclic) bond motifs is 1. The van der Waals surface area contributed by atoms with E-state index < -0.39 is 0 Å². The van der Waals surface area contributed by atoms with Gasteiger partial charge in [-0.05, 0) is 55.7 Å². The molecule has 1 aliphatic heterocycles. The zero-order valence-corrected chi connectivity index (χ0v) is 22.3. The Bertz CT molecular complexity index is 1210. The van der Waals surface area contributed by atoms with Gasteiger partial charge in [-0.3, -0.25) is 9.59 Å². The molecule has 3 N–H and O–H groups in total. The van der Waals surface area contributed by atoms with Crippen LogP contribution in [0.2, 0.25) is 0 Å². The maximum atomic E-state index is 14.2. The highest BCUT2D eigenvalue weighted by Crippen LogP contribution is 2.40. The number of amides is 2. The lowest BCUT2D eigenvalue weighted by molar-refractivity contribution is -0.140. The van der Waals surface area contributed by atoms with Gasteiger partial charge in [0, 0.05) is 62.4 Å². The Morgan fingerprint density at radius 3 is 2.66 bits per heavy atom. The maximum absolute atomic E-state index is 14.2. The zero-order valence-electron chi connectivity index (χ0n) is 22.3. The molecule has 2 fully saturated rings. The van der Waals surface area contributed by atoms with Crippen LogP contribution in [-0.4, -0.2) is 60.6 Å². The number of H-pyrrole nitrogens is 1. The third-order valence-corrected chi connectivity index (χ3v) is 7.89. The highest BCUT2D eigenvalue weighted by molar-refractivity contribution is 5.86. The van der Waals surface area contributed by atoms with Crippen molar-refractivity contribution in [2.24, 2.45) is 5.92 Å². The highest BCUT2D eigenvalue weighted by Gasteiger charge is 2.42. The summed E-state index contributed by atoms with van der Waals surface area (Å²) in [5.41, 5.74) is 3.45. The van der Waals surface area contributed by atoms with Crippen LogP contribution >= 0.6 is 0 Å². The van der Waals surface area contributed by atoms with Crippen LogP contribution in [0.1, 0.15) is 55.7 Å². The molecule has 0 bridgehead atoms. The minimum Gasteiger partial charge on any atom is -0.385 e. The number of benzene rings is 2.